The lowest BCUT2D eigenvalue weighted by Gasteiger charge is -2.12. The number of aryl methyl sites for hydroxylation is 1. The van der Waals surface area contributed by atoms with Gasteiger partial charge < -0.3 is 9.15 Å². The van der Waals surface area contributed by atoms with E-state index in [1.807, 2.05) is 6.92 Å². The van der Waals surface area contributed by atoms with E-state index in [2.05, 4.69) is 15.0 Å². The Bertz CT molecular complexity index is 1270. The summed E-state index contributed by atoms with van der Waals surface area (Å²) in [5.74, 6) is -0.272. The van der Waals surface area contributed by atoms with Crippen LogP contribution in [0.5, 0.6) is 11.6 Å². The van der Waals surface area contributed by atoms with Crippen molar-refractivity contribution in [2.24, 2.45) is 0 Å². The standard InChI is InChI=1S/C21H14F3N3O3/c1-2-12-9-19(28)30-16-10-14(3-4-15(12)16)29-18-11-17(21(22,23)24)26-20(27-18)13-5-7-25-8-6-13/h3-11H,2H2,1H3. The second kappa shape index (κ2) is 7.58. The predicted octanol–water partition coefficient (Wildman–Crippen LogP) is 5.02. The van der Waals surface area contributed by atoms with Crippen molar-refractivity contribution >= 4 is 11.0 Å². The monoisotopic (exact) mass is 413 g/mol. The number of aromatic nitrogens is 3. The summed E-state index contributed by atoms with van der Waals surface area (Å²) < 4.78 is 50.8. The van der Waals surface area contributed by atoms with E-state index in [4.69, 9.17) is 9.15 Å². The van der Waals surface area contributed by atoms with E-state index >= 15 is 0 Å². The van der Waals surface area contributed by atoms with Crippen LogP contribution >= 0.6 is 0 Å². The number of pyridine rings is 1. The molecule has 0 bridgehead atoms. The zero-order valence-corrected chi connectivity index (χ0v) is 15.6. The zero-order chi connectivity index (χ0) is 21.3. The molecule has 9 heteroatoms. The molecular weight excluding hydrogens is 399 g/mol. The van der Waals surface area contributed by atoms with Gasteiger partial charge in [-0.15, -0.1) is 0 Å². The average Bonchev–Trinajstić information content (AvgIpc) is 2.72. The van der Waals surface area contributed by atoms with E-state index in [9.17, 15) is 18.0 Å². The van der Waals surface area contributed by atoms with Gasteiger partial charge in [-0.25, -0.2) is 9.78 Å². The van der Waals surface area contributed by atoms with Crippen molar-refractivity contribution in [2.75, 3.05) is 0 Å². The Labute approximate surface area is 168 Å². The lowest BCUT2D eigenvalue weighted by molar-refractivity contribution is -0.141. The van der Waals surface area contributed by atoms with E-state index in [0.29, 0.717) is 18.1 Å². The minimum absolute atomic E-state index is 0.150. The molecule has 4 aromatic rings. The molecule has 152 valence electrons. The zero-order valence-electron chi connectivity index (χ0n) is 15.6. The minimum Gasteiger partial charge on any atom is -0.439 e. The molecule has 0 amide bonds. The van der Waals surface area contributed by atoms with E-state index in [1.165, 1.54) is 36.7 Å². The molecule has 0 spiro atoms. The summed E-state index contributed by atoms with van der Waals surface area (Å²) in [7, 11) is 0. The Balaban J connectivity index is 1.78. The molecule has 0 radical (unpaired) electrons. The molecular formula is C21H14F3N3O3. The summed E-state index contributed by atoms with van der Waals surface area (Å²) in [4.78, 5) is 23.3. The molecule has 0 saturated heterocycles. The maximum atomic E-state index is 13.3. The number of hydrogen-bond donors (Lipinski definition) is 0. The van der Waals surface area contributed by atoms with E-state index in [0.717, 1.165) is 10.9 Å². The van der Waals surface area contributed by atoms with Crippen LogP contribution < -0.4 is 10.4 Å². The number of rotatable bonds is 4. The minimum atomic E-state index is -4.69. The molecule has 0 aliphatic heterocycles. The molecule has 0 aliphatic rings. The highest BCUT2D eigenvalue weighted by atomic mass is 19.4. The summed E-state index contributed by atoms with van der Waals surface area (Å²) in [6.45, 7) is 1.90. The fourth-order valence-corrected chi connectivity index (χ4v) is 2.94. The second-order valence-electron chi connectivity index (χ2n) is 6.35. The molecule has 3 heterocycles. The van der Waals surface area contributed by atoms with Gasteiger partial charge in [0.2, 0.25) is 5.88 Å². The third-order valence-corrected chi connectivity index (χ3v) is 4.34. The molecule has 0 saturated carbocycles. The van der Waals surface area contributed by atoms with Gasteiger partial charge in [0.05, 0.1) is 0 Å². The van der Waals surface area contributed by atoms with Crippen molar-refractivity contribution in [3.8, 4) is 23.0 Å². The van der Waals surface area contributed by atoms with E-state index in [-0.39, 0.29) is 23.0 Å². The number of benzene rings is 1. The Kier molecular flexibility index (Phi) is 4.94. The lowest BCUT2D eigenvalue weighted by atomic mass is 10.1. The van der Waals surface area contributed by atoms with Gasteiger partial charge in [-0.2, -0.15) is 18.2 Å². The highest BCUT2D eigenvalue weighted by molar-refractivity contribution is 5.81. The van der Waals surface area contributed by atoms with Crippen molar-refractivity contribution in [1.29, 1.82) is 0 Å². The number of nitrogens with zero attached hydrogens (tertiary/aromatic N) is 3. The first-order valence-electron chi connectivity index (χ1n) is 8.95. The number of alkyl halides is 3. The highest BCUT2D eigenvalue weighted by Gasteiger charge is 2.34. The number of halogens is 3. The van der Waals surface area contributed by atoms with Crippen LogP contribution in [0.15, 0.2) is 64.1 Å². The first-order chi connectivity index (χ1) is 14.3. The number of hydrogen-bond acceptors (Lipinski definition) is 6. The largest absolute Gasteiger partial charge is 0.439 e. The van der Waals surface area contributed by atoms with Gasteiger partial charge in [-0.05, 0) is 36.2 Å². The number of ether oxygens (including phenoxy) is 1. The van der Waals surface area contributed by atoms with E-state index in [1.54, 1.807) is 12.1 Å². The van der Waals surface area contributed by atoms with Crippen LogP contribution in [-0.4, -0.2) is 15.0 Å². The lowest BCUT2D eigenvalue weighted by Crippen LogP contribution is -2.10. The molecule has 4 rings (SSSR count). The SMILES string of the molecule is CCc1cc(=O)oc2cc(Oc3cc(C(F)(F)F)nc(-c4ccncc4)n3)ccc12. The van der Waals surface area contributed by atoms with Crippen molar-refractivity contribution in [1.82, 2.24) is 15.0 Å². The second-order valence-corrected chi connectivity index (χ2v) is 6.35. The van der Waals surface area contributed by atoms with Crippen LogP contribution in [0.2, 0.25) is 0 Å². The Morgan fingerprint density at radius 3 is 2.50 bits per heavy atom. The Hall–Kier alpha value is -3.75. The first kappa shape index (κ1) is 19.6. The smallest absolute Gasteiger partial charge is 0.433 e. The fraction of sp³-hybridized carbons (Fsp3) is 0.143. The highest BCUT2D eigenvalue weighted by Crippen LogP contribution is 2.33. The first-order valence-corrected chi connectivity index (χ1v) is 8.95. The molecule has 1 aromatic carbocycles. The van der Waals surface area contributed by atoms with E-state index < -0.39 is 17.5 Å². The summed E-state index contributed by atoms with van der Waals surface area (Å²) in [6, 6.07) is 9.81. The van der Waals surface area contributed by atoms with Crippen LogP contribution in [0.1, 0.15) is 18.2 Å². The normalized spacial score (nSPS) is 11.6. The molecule has 30 heavy (non-hydrogen) atoms. The summed E-state index contributed by atoms with van der Waals surface area (Å²) >= 11 is 0. The van der Waals surface area contributed by atoms with Crippen LogP contribution in [0, 0.1) is 0 Å². The third-order valence-electron chi connectivity index (χ3n) is 4.34. The Morgan fingerprint density at radius 1 is 1.03 bits per heavy atom. The number of fused-ring (bicyclic) bond motifs is 1. The van der Waals surface area contributed by atoms with Gasteiger partial charge in [0.1, 0.15) is 11.3 Å². The average molecular weight is 413 g/mol. The molecule has 0 atom stereocenters. The maximum Gasteiger partial charge on any atom is 0.433 e. The van der Waals surface area contributed by atoms with Crippen molar-refractivity contribution in [3.63, 3.8) is 0 Å². The molecule has 0 fully saturated rings. The van der Waals surface area contributed by atoms with Crippen LogP contribution in [-0.2, 0) is 12.6 Å². The summed E-state index contributed by atoms with van der Waals surface area (Å²) in [6.07, 6.45) is -1.21. The van der Waals surface area contributed by atoms with Crippen LogP contribution in [0.3, 0.4) is 0 Å². The van der Waals surface area contributed by atoms with Gasteiger partial charge in [0, 0.05) is 41.5 Å². The van der Waals surface area contributed by atoms with Gasteiger partial charge in [0.25, 0.3) is 0 Å². The molecule has 3 aromatic heterocycles. The van der Waals surface area contributed by atoms with Crippen molar-refractivity contribution < 1.29 is 22.3 Å². The molecule has 6 nitrogen and oxygen atoms in total. The van der Waals surface area contributed by atoms with Gasteiger partial charge in [-0.1, -0.05) is 6.92 Å². The van der Waals surface area contributed by atoms with Gasteiger partial charge >= 0.3 is 11.8 Å². The topological polar surface area (TPSA) is 78.1 Å². The Morgan fingerprint density at radius 2 is 1.80 bits per heavy atom. The quantitative estimate of drug-likeness (QED) is 0.437. The van der Waals surface area contributed by atoms with Crippen LogP contribution in [0.4, 0.5) is 13.2 Å². The summed E-state index contributed by atoms with van der Waals surface area (Å²) in [5.41, 5.74) is -0.221. The fourth-order valence-electron chi connectivity index (χ4n) is 2.94. The third kappa shape index (κ3) is 4.00. The van der Waals surface area contributed by atoms with Crippen molar-refractivity contribution in [3.05, 3.63) is 76.5 Å². The molecule has 0 unspecified atom stereocenters. The predicted molar refractivity (Wildman–Crippen MR) is 102 cm³/mol. The van der Waals surface area contributed by atoms with Crippen LogP contribution in [0.25, 0.3) is 22.4 Å². The molecule has 0 aliphatic carbocycles. The maximum absolute atomic E-state index is 13.3. The summed E-state index contributed by atoms with van der Waals surface area (Å²) in [5, 5.41) is 0.723. The van der Waals surface area contributed by atoms with Gasteiger partial charge in [-0.3, -0.25) is 4.98 Å². The molecule has 0 N–H and O–H groups in total. The van der Waals surface area contributed by atoms with Gasteiger partial charge in [0.15, 0.2) is 11.5 Å². The van der Waals surface area contributed by atoms with Crippen molar-refractivity contribution in [2.45, 2.75) is 19.5 Å².